The van der Waals surface area contributed by atoms with E-state index in [0.29, 0.717) is 11.1 Å². The van der Waals surface area contributed by atoms with Crippen LogP contribution >= 0.6 is 0 Å². The van der Waals surface area contributed by atoms with Crippen molar-refractivity contribution in [2.24, 2.45) is 0 Å². The second-order valence-corrected chi connectivity index (χ2v) is 4.19. The molecule has 0 aliphatic carbocycles. The maximum atomic E-state index is 13.3. The van der Waals surface area contributed by atoms with Crippen LogP contribution in [0.4, 0.5) is 13.2 Å². The minimum absolute atomic E-state index is 0.0751. The van der Waals surface area contributed by atoms with Gasteiger partial charge in [0.05, 0.1) is 6.04 Å². The van der Waals surface area contributed by atoms with Crippen molar-refractivity contribution >= 4 is 0 Å². The van der Waals surface area contributed by atoms with Gasteiger partial charge in [-0.05, 0) is 30.8 Å². The molecule has 2 rings (SSSR count). The van der Waals surface area contributed by atoms with Gasteiger partial charge in [-0.2, -0.15) is 8.78 Å². The van der Waals surface area contributed by atoms with Crippen molar-refractivity contribution in [2.75, 3.05) is 7.05 Å². The van der Waals surface area contributed by atoms with Crippen molar-refractivity contribution in [1.82, 2.24) is 5.32 Å². The highest BCUT2D eigenvalue weighted by molar-refractivity contribution is 5.41. The Morgan fingerprint density at radius 3 is 2.45 bits per heavy atom. The molecule has 106 valence electrons. The maximum Gasteiger partial charge on any atom is 0.387 e. The Bertz CT molecular complexity index is 575. The predicted octanol–water partition coefficient (Wildman–Crippen LogP) is 3.74. The maximum absolute atomic E-state index is 13.3. The molecule has 0 saturated heterocycles. The Kier molecular flexibility index (Phi) is 4.63. The summed E-state index contributed by atoms with van der Waals surface area (Å²) in [5.41, 5.74) is 1.17. The molecule has 0 heterocycles. The van der Waals surface area contributed by atoms with E-state index in [4.69, 9.17) is 0 Å². The molecular weight excluding hydrogens is 267 g/mol. The smallest absolute Gasteiger partial charge is 0.387 e. The number of alkyl halides is 2. The van der Waals surface area contributed by atoms with E-state index in [-0.39, 0.29) is 11.6 Å². The molecule has 2 aromatic carbocycles. The van der Waals surface area contributed by atoms with Crippen LogP contribution in [0.15, 0.2) is 48.5 Å². The lowest BCUT2D eigenvalue weighted by Gasteiger charge is -2.20. The molecule has 0 saturated carbocycles. The van der Waals surface area contributed by atoms with Gasteiger partial charge in [-0.3, -0.25) is 0 Å². The zero-order chi connectivity index (χ0) is 14.5. The molecule has 0 aliphatic heterocycles. The van der Waals surface area contributed by atoms with Crippen LogP contribution in [0.5, 0.6) is 5.75 Å². The molecular formula is C15H14F3NO. The Hall–Kier alpha value is -2.01. The number of benzene rings is 2. The first-order chi connectivity index (χ1) is 9.61. The van der Waals surface area contributed by atoms with Crippen LogP contribution in [-0.4, -0.2) is 13.7 Å². The predicted molar refractivity (Wildman–Crippen MR) is 70.4 cm³/mol. The fraction of sp³-hybridized carbons (Fsp3) is 0.200. The molecule has 1 unspecified atom stereocenters. The first-order valence-electron chi connectivity index (χ1n) is 6.08. The first kappa shape index (κ1) is 14.4. The minimum atomic E-state index is -2.90. The zero-order valence-electron chi connectivity index (χ0n) is 10.8. The van der Waals surface area contributed by atoms with E-state index in [0.717, 1.165) is 0 Å². The van der Waals surface area contributed by atoms with E-state index in [2.05, 4.69) is 10.1 Å². The highest BCUT2D eigenvalue weighted by Gasteiger charge is 2.18. The third kappa shape index (κ3) is 3.30. The summed E-state index contributed by atoms with van der Waals surface area (Å²) < 4.78 is 42.7. The summed E-state index contributed by atoms with van der Waals surface area (Å²) >= 11 is 0. The van der Waals surface area contributed by atoms with Gasteiger partial charge in [0.25, 0.3) is 0 Å². The summed E-state index contributed by atoms with van der Waals surface area (Å²) in [5.74, 6) is -0.305. The Labute approximate surface area is 115 Å². The number of rotatable bonds is 5. The van der Waals surface area contributed by atoms with Gasteiger partial charge >= 0.3 is 6.61 Å². The molecule has 2 aromatic rings. The van der Waals surface area contributed by atoms with Crippen LogP contribution in [0.1, 0.15) is 17.2 Å². The summed E-state index contributed by atoms with van der Waals surface area (Å²) in [5, 5.41) is 2.98. The van der Waals surface area contributed by atoms with Gasteiger partial charge in [0.2, 0.25) is 0 Å². The van der Waals surface area contributed by atoms with Gasteiger partial charge in [-0.15, -0.1) is 0 Å². The van der Waals surface area contributed by atoms with E-state index in [1.165, 1.54) is 18.2 Å². The molecule has 0 fully saturated rings. The van der Waals surface area contributed by atoms with Crippen molar-refractivity contribution in [2.45, 2.75) is 12.7 Å². The summed E-state index contributed by atoms with van der Waals surface area (Å²) in [6.45, 7) is -2.90. The van der Waals surface area contributed by atoms with Crippen molar-refractivity contribution in [1.29, 1.82) is 0 Å². The zero-order valence-corrected chi connectivity index (χ0v) is 10.8. The molecule has 2 nitrogen and oxygen atoms in total. The van der Waals surface area contributed by atoms with Crippen molar-refractivity contribution in [3.05, 3.63) is 65.5 Å². The molecule has 1 N–H and O–H groups in total. The topological polar surface area (TPSA) is 21.3 Å². The number of ether oxygens (including phenoxy) is 1. The first-order valence-corrected chi connectivity index (χ1v) is 6.08. The van der Waals surface area contributed by atoms with Crippen LogP contribution in [-0.2, 0) is 0 Å². The lowest BCUT2D eigenvalue weighted by molar-refractivity contribution is -0.0506. The lowest BCUT2D eigenvalue weighted by atomic mass is 9.98. The molecule has 0 aliphatic rings. The molecule has 0 radical (unpaired) electrons. The molecule has 0 bridgehead atoms. The highest BCUT2D eigenvalue weighted by Crippen LogP contribution is 2.30. The van der Waals surface area contributed by atoms with Crippen LogP contribution in [0.3, 0.4) is 0 Å². The summed E-state index contributed by atoms with van der Waals surface area (Å²) in [6.07, 6.45) is 0. The van der Waals surface area contributed by atoms with Crippen LogP contribution in [0, 0.1) is 5.82 Å². The third-order valence-electron chi connectivity index (χ3n) is 2.92. The van der Waals surface area contributed by atoms with Gasteiger partial charge in [0.15, 0.2) is 0 Å². The van der Waals surface area contributed by atoms with E-state index in [1.54, 1.807) is 37.4 Å². The monoisotopic (exact) mass is 281 g/mol. The second kappa shape index (κ2) is 6.43. The lowest BCUT2D eigenvalue weighted by Crippen LogP contribution is -2.19. The van der Waals surface area contributed by atoms with E-state index in [9.17, 15) is 13.2 Å². The summed E-state index contributed by atoms with van der Waals surface area (Å²) in [4.78, 5) is 0. The quantitative estimate of drug-likeness (QED) is 0.901. The SMILES string of the molecule is CNC(c1cccc(F)c1)c1ccccc1OC(F)F. The standard InChI is InChI=1S/C15H14F3NO/c1-19-14(10-5-4-6-11(16)9-10)12-7-2-3-8-13(12)20-15(17)18/h2-9,14-15,19H,1H3. The van der Waals surface area contributed by atoms with E-state index >= 15 is 0 Å². The fourth-order valence-electron chi connectivity index (χ4n) is 2.11. The highest BCUT2D eigenvalue weighted by atomic mass is 19.3. The molecule has 0 amide bonds. The average molecular weight is 281 g/mol. The largest absolute Gasteiger partial charge is 0.434 e. The van der Waals surface area contributed by atoms with Gasteiger partial charge in [0, 0.05) is 5.56 Å². The number of halogens is 3. The van der Waals surface area contributed by atoms with Gasteiger partial charge in [-0.1, -0.05) is 30.3 Å². The number of para-hydroxylation sites is 1. The number of hydrogen-bond acceptors (Lipinski definition) is 2. The Morgan fingerprint density at radius 2 is 1.80 bits per heavy atom. The van der Waals surface area contributed by atoms with E-state index < -0.39 is 12.7 Å². The van der Waals surface area contributed by atoms with Crippen LogP contribution < -0.4 is 10.1 Å². The molecule has 0 aromatic heterocycles. The third-order valence-corrected chi connectivity index (χ3v) is 2.92. The van der Waals surface area contributed by atoms with Crippen LogP contribution in [0.25, 0.3) is 0 Å². The number of nitrogens with one attached hydrogen (secondary N) is 1. The number of hydrogen-bond donors (Lipinski definition) is 1. The van der Waals surface area contributed by atoms with Gasteiger partial charge < -0.3 is 10.1 Å². The fourth-order valence-corrected chi connectivity index (χ4v) is 2.11. The van der Waals surface area contributed by atoms with Crippen molar-refractivity contribution < 1.29 is 17.9 Å². The normalized spacial score (nSPS) is 12.4. The van der Waals surface area contributed by atoms with E-state index in [1.807, 2.05) is 0 Å². The molecule has 20 heavy (non-hydrogen) atoms. The van der Waals surface area contributed by atoms with Crippen molar-refractivity contribution in [3.63, 3.8) is 0 Å². The van der Waals surface area contributed by atoms with Crippen molar-refractivity contribution in [3.8, 4) is 5.75 Å². The Balaban J connectivity index is 2.41. The second-order valence-electron chi connectivity index (χ2n) is 4.19. The molecule has 1 atom stereocenters. The molecule has 0 spiro atoms. The van der Waals surface area contributed by atoms with Gasteiger partial charge in [-0.25, -0.2) is 4.39 Å². The Morgan fingerprint density at radius 1 is 1.05 bits per heavy atom. The average Bonchev–Trinajstić information content (AvgIpc) is 2.41. The van der Waals surface area contributed by atoms with Gasteiger partial charge in [0.1, 0.15) is 11.6 Å². The minimum Gasteiger partial charge on any atom is -0.434 e. The summed E-state index contributed by atoms with van der Waals surface area (Å²) in [6, 6.07) is 12.0. The molecule has 5 heteroatoms. The van der Waals surface area contributed by atoms with Crippen LogP contribution in [0.2, 0.25) is 0 Å². The summed E-state index contributed by atoms with van der Waals surface area (Å²) in [7, 11) is 1.68.